The summed E-state index contributed by atoms with van der Waals surface area (Å²) >= 11 is 12.0. The van der Waals surface area contributed by atoms with Crippen LogP contribution in [0.25, 0.3) is 0 Å². The lowest BCUT2D eigenvalue weighted by Gasteiger charge is -2.36. The molecule has 3 nitrogen and oxygen atoms in total. The van der Waals surface area contributed by atoms with Crippen molar-refractivity contribution in [2.45, 2.75) is 50.5 Å². The number of benzene rings is 1. The Kier molecular flexibility index (Phi) is 5.91. The largest absolute Gasteiger partial charge is 0.394 e. The van der Waals surface area contributed by atoms with Gasteiger partial charge in [0.1, 0.15) is 0 Å². The highest BCUT2D eigenvalue weighted by Crippen LogP contribution is 2.28. The van der Waals surface area contributed by atoms with Crippen molar-refractivity contribution < 1.29 is 9.90 Å². The maximum Gasteiger partial charge on any atom is 0.220 e. The molecule has 0 saturated heterocycles. The molecule has 21 heavy (non-hydrogen) atoms. The summed E-state index contributed by atoms with van der Waals surface area (Å²) in [5.74, 6) is -0.0306. The third-order valence-corrected chi connectivity index (χ3v) is 4.74. The van der Waals surface area contributed by atoms with Crippen LogP contribution in [-0.2, 0) is 11.2 Å². The van der Waals surface area contributed by atoms with Crippen LogP contribution in [0.1, 0.15) is 44.1 Å². The van der Waals surface area contributed by atoms with Gasteiger partial charge >= 0.3 is 0 Å². The van der Waals surface area contributed by atoms with Gasteiger partial charge in [-0.2, -0.15) is 0 Å². The van der Waals surface area contributed by atoms with Gasteiger partial charge in [-0.15, -0.1) is 0 Å². The molecule has 0 aromatic heterocycles. The van der Waals surface area contributed by atoms with Gasteiger partial charge < -0.3 is 10.4 Å². The maximum atomic E-state index is 12.1. The second kappa shape index (κ2) is 7.48. The molecule has 0 radical (unpaired) electrons. The van der Waals surface area contributed by atoms with Crippen LogP contribution < -0.4 is 5.32 Å². The molecule has 1 aromatic carbocycles. The first-order valence-corrected chi connectivity index (χ1v) is 8.16. The molecule has 116 valence electrons. The number of amides is 1. The van der Waals surface area contributed by atoms with E-state index < -0.39 is 5.54 Å². The normalized spacial score (nSPS) is 17.5. The Morgan fingerprint density at radius 3 is 2.57 bits per heavy atom. The molecule has 1 amide bonds. The topological polar surface area (TPSA) is 49.3 Å². The fraction of sp³-hybridized carbons (Fsp3) is 0.562. The molecule has 1 saturated carbocycles. The minimum atomic E-state index is -0.418. The van der Waals surface area contributed by atoms with Crippen molar-refractivity contribution in [3.63, 3.8) is 0 Å². The van der Waals surface area contributed by atoms with E-state index in [-0.39, 0.29) is 12.5 Å². The minimum Gasteiger partial charge on any atom is -0.394 e. The summed E-state index contributed by atoms with van der Waals surface area (Å²) in [6, 6.07) is 5.31. The molecule has 0 unspecified atom stereocenters. The smallest absolute Gasteiger partial charge is 0.220 e. The van der Waals surface area contributed by atoms with E-state index >= 15 is 0 Å². The third kappa shape index (κ3) is 4.60. The van der Waals surface area contributed by atoms with E-state index in [0.717, 1.165) is 31.2 Å². The molecular weight excluding hydrogens is 309 g/mol. The molecule has 0 atom stereocenters. The first-order valence-electron chi connectivity index (χ1n) is 7.40. The van der Waals surface area contributed by atoms with E-state index in [1.807, 2.05) is 6.07 Å². The predicted molar refractivity (Wildman–Crippen MR) is 85.8 cm³/mol. The summed E-state index contributed by atoms with van der Waals surface area (Å²) in [5.41, 5.74) is 0.497. The Balaban J connectivity index is 1.89. The summed E-state index contributed by atoms with van der Waals surface area (Å²) in [5, 5.41) is 13.8. The van der Waals surface area contributed by atoms with E-state index in [0.29, 0.717) is 22.9 Å². The molecule has 1 fully saturated rings. The van der Waals surface area contributed by atoms with Crippen molar-refractivity contribution in [2.75, 3.05) is 6.61 Å². The van der Waals surface area contributed by atoms with Crippen LogP contribution in [0.2, 0.25) is 10.0 Å². The fourth-order valence-electron chi connectivity index (χ4n) is 2.88. The van der Waals surface area contributed by atoms with Gasteiger partial charge in [-0.25, -0.2) is 0 Å². The van der Waals surface area contributed by atoms with E-state index in [4.69, 9.17) is 23.2 Å². The van der Waals surface area contributed by atoms with E-state index in [2.05, 4.69) is 5.32 Å². The Morgan fingerprint density at radius 2 is 1.95 bits per heavy atom. The zero-order valence-electron chi connectivity index (χ0n) is 12.0. The highest BCUT2D eigenvalue weighted by molar-refractivity contribution is 6.35. The fourth-order valence-corrected chi connectivity index (χ4v) is 3.39. The van der Waals surface area contributed by atoms with Crippen molar-refractivity contribution in [2.24, 2.45) is 0 Å². The Labute approximate surface area is 135 Å². The van der Waals surface area contributed by atoms with Crippen LogP contribution in [0, 0.1) is 0 Å². The monoisotopic (exact) mass is 329 g/mol. The van der Waals surface area contributed by atoms with Crippen molar-refractivity contribution in [1.82, 2.24) is 5.32 Å². The highest BCUT2D eigenvalue weighted by Gasteiger charge is 2.32. The standard InChI is InChI=1S/C16H21Cl2NO2/c17-13-6-4-12(14(18)10-13)5-7-15(21)19-16(11-20)8-2-1-3-9-16/h4,6,10,20H,1-3,5,7-9,11H2,(H,19,21). The molecule has 0 heterocycles. The van der Waals surface area contributed by atoms with Gasteiger partial charge in [0.15, 0.2) is 0 Å². The number of halogens is 2. The minimum absolute atomic E-state index is 0.0143. The molecular formula is C16H21Cl2NO2. The number of nitrogens with one attached hydrogen (secondary N) is 1. The van der Waals surface area contributed by atoms with E-state index in [1.165, 1.54) is 6.42 Å². The number of hydrogen-bond donors (Lipinski definition) is 2. The second-order valence-corrected chi connectivity index (χ2v) is 6.63. The van der Waals surface area contributed by atoms with E-state index in [9.17, 15) is 9.90 Å². The van der Waals surface area contributed by atoms with Crippen molar-refractivity contribution in [3.8, 4) is 0 Å². The van der Waals surface area contributed by atoms with Crippen molar-refractivity contribution in [3.05, 3.63) is 33.8 Å². The SMILES string of the molecule is O=C(CCc1ccc(Cl)cc1Cl)NC1(CO)CCCCC1. The van der Waals surface area contributed by atoms with Gasteiger partial charge in [-0.3, -0.25) is 4.79 Å². The molecule has 0 spiro atoms. The van der Waals surface area contributed by atoms with Crippen LogP contribution in [0.15, 0.2) is 18.2 Å². The van der Waals surface area contributed by atoms with Gasteiger partial charge in [-0.1, -0.05) is 48.5 Å². The first kappa shape index (κ1) is 16.6. The zero-order valence-corrected chi connectivity index (χ0v) is 13.5. The quantitative estimate of drug-likeness (QED) is 0.864. The highest BCUT2D eigenvalue weighted by atomic mass is 35.5. The summed E-state index contributed by atoms with van der Waals surface area (Å²) in [6.07, 6.45) is 5.95. The van der Waals surface area contributed by atoms with Crippen LogP contribution in [0.3, 0.4) is 0 Å². The van der Waals surface area contributed by atoms with Crippen LogP contribution in [-0.4, -0.2) is 23.2 Å². The van der Waals surface area contributed by atoms with Crippen molar-refractivity contribution in [1.29, 1.82) is 0 Å². The molecule has 5 heteroatoms. The van der Waals surface area contributed by atoms with Crippen LogP contribution in [0.4, 0.5) is 0 Å². The summed E-state index contributed by atoms with van der Waals surface area (Å²) in [6.45, 7) is 0.0143. The summed E-state index contributed by atoms with van der Waals surface area (Å²) in [4.78, 5) is 12.1. The first-order chi connectivity index (χ1) is 10.0. The average Bonchev–Trinajstić information content (AvgIpc) is 2.47. The average molecular weight is 330 g/mol. The molecule has 2 N–H and O–H groups in total. The van der Waals surface area contributed by atoms with Gasteiger partial charge in [-0.05, 0) is 37.0 Å². The molecule has 0 aliphatic heterocycles. The number of rotatable bonds is 5. The number of hydrogen-bond acceptors (Lipinski definition) is 2. The number of aliphatic hydroxyl groups is 1. The Bertz CT molecular complexity index is 499. The molecule has 1 aromatic rings. The number of carbonyl (C=O) groups excluding carboxylic acids is 1. The van der Waals surface area contributed by atoms with Gasteiger partial charge in [0.2, 0.25) is 5.91 Å². The Morgan fingerprint density at radius 1 is 1.24 bits per heavy atom. The molecule has 0 bridgehead atoms. The number of aryl methyl sites for hydroxylation is 1. The third-order valence-electron chi connectivity index (χ3n) is 4.15. The van der Waals surface area contributed by atoms with Gasteiger partial charge in [0.25, 0.3) is 0 Å². The lowest BCUT2D eigenvalue weighted by atomic mass is 9.82. The summed E-state index contributed by atoms with van der Waals surface area (Å²) in [7, 11) is 0. The van der Waals surface area contributed by atoms with Crippen LogP contribution >= 0.6 is 23.2 Å². The second-order valence-electron chi connectivity index (χ2n) is 5.78. The lowest BCUT2D eigenvalue weighted by molar-refractivity contribution is -0.124. The maximum absolute atomic E-state index is 12.1. The van der Waals surface area contributed by atoms with Crippen LogP contribution in [0.5, 0.6) is 0 Å². The van der Waals surface area contributed by atoms with Gasteiger partial charge in [0.05, 0.1) is 12.1 Å². The van der Waals surface area contributed by atoms with Crippen molar-refractivity contribution >= 4 is 29.1 Å². The number of carbonyl (C=O) groups is 1. The number of aliphatic hydroxyl groups excluding tert-OH is 1. The predicted octanol–water partition coefficient (Wildman–Crippen LogP) is 3.74. The lowest BCUT2D eigenvalue weighted by Crippen LogP contribution is -2.52. The van der Waals surface area contributed by atoms with E-state index in [1.54, 1.807) is 12.1 Å². The molecule has 2 rings (SSSR count). The van der Waals surface area contributed by atoms with Gasteiger partial charge in [0, 0.05) is 16.5 Å². The molecule has 1 aliphatic rings. The molecule has 1 aliphatic carbocycles. The Hall–Kier alpha value is -0.770. The zero-order chi connectivity index (χ0) is 15.3. The summed E-state index contributed by atoms with van der Waals surface area (Å²) < 4.78 is 0.